The molecule has 9 heavy (non-hydrogen) atoms. The number of phenols is 1. The normalized spacial score (nSPS) is 9.56. The molecule has 0 spiro atoms. The third kappa shape index (κ3) is 1.16. The highest BCUT2D eigenvalue weighted by Crippen LogP contribution is 2.13. The lowest BCUT2D eigenvalue weighted by molar-refractivity contribution is 0.426. The molecule has 0 fully saturated rings. The molecule has 1 radical (unpaired) electrons. The van der Waals surface area contributed by atoms with Crippen LogP contribution in [0.5, 0.6) is 5.75 Å². The van der Waals surface area contributed by atoms with E-state index < -0.39 is 17.4 Å². The number of rotatable bonds is 0. The van der Waals surface area contributed by atoms with E-state index in [0.717, 1.165) is 6.07 Å². The third-order valence-corrected chi connectivity index (χ3v) is 0.838. The zero-order valence-corrected chi connectivity index (χ0v) is 4.36. The molecule has 0 aromatic heterocycles. The standard InChI is InChI=1S/C6H3F2O/c7-4-1-2-6(9)5(8)3-4/h1,3,9H. The van der Waals surface area contributed by atoms with Gasteiger partial charge in [0.15, 0.2) is 11.6 Å². The molecule has 0 atom stereocenters. The Hall–Kier alpha value is -1.12. The Morgan fingerprint density at radius 1 is 1.44 bits per heavy atom. The van der Waals surface area contributed by atoms with E-state index in [1.165, 1.54) is 0 Å². The van der Waals surface area contributed by atoms with Crippen LogP contribution < -0.4 is 0 Å². The molecule has 1 aromatic carbocycles. The first-order chi connectivity index (χ1) is 4.20. The second-order valence-corrected chi connectivity index (χ2v) is 1.51. The summed E-state index contributed by atoms with van der Waals surface area (Å²) in [4.78, 5) is 0. The molecule has 0 unspecified atom stereocenters. The average molecular weight is 129 g/mol. The first-order valence-corrected chi connectivity index (χ1v) is 2.26. The fraction of sp³-hybridized carbons (Fsp3) is 0. The number of phenolic OH excluding ortho intramolecular Hbond substituents is 1. The molecule has 0 bridgehead atoms. The number of halogens is 2. The van der Waals surface area contributed by atoms with Gasteiger partial charge in [0.2, 0.25) is 0 Å². The Kier molecular flexibility index (Phi) is 1.34. The molecular weight excluding hydrogens is 126 g/mol. The van der Waals surface area contributed by atoms with E-state index >= 15 is 0 Å². The zero-order valence-electron chi connectivity index (χ0n) is 4.36. The van der Waals surface area contributed by atoms with Crippen LogP contribution in [0.1, 0.15) is 0 Å². The fourth-order valence-electron chi connectivity index (χ4n) is 0.437. The molecular formula is C6H3F2O. The lowest BCUT2D eigenvalue weighted by Crippen LogP contribution is -1.77. The van der Waals surface area contributed by atoms with Crippen LogP contribution in [0.15, 0.2) is 12.1 Å². The van der Waals surface area contributed by atoms with Crippen LogP contribution >= 0.6 is 0 Å². The van der Waals surface area contributed by atoms with Crippen LogP contribution in [0.2, 0.25) is 0 Å². The summed E-state index contributed by atoms with van der Waals surface area (Å²) in [6.07, 6.45) is 0. The van der Waals surface area contributed by atoms with Crippen LogP contribution in [-0.4, -0.2) is 5.11 Å². The molecule has 1 aromatic rings. The van der Waals surface area contributed by atoms with Gasteiger partial charge >= 0.3 is 0 Å². The van der Waals surface area contributed by atoms with Crippen molar-refractivity contribution in [2.45, 2.75) is 0 Å². The van der Waals surface area contributed by atoms with Crippen molar-refractivity contribution >= 4 is 0 Å². The molecule has 0 saturated heterocycles. The maximum atomic E-state index is 12.1. The Balaban J connectivity index is 3.17. The highest BCUT2D eigenvalue weighted by molar-refractivity contribution is 5.20. The van der Waals surface area contributed by atoms with Crippen molar-refractivity contribution in [1.82, 2.24) is 0 Å². The molecule has 3 heteroatoms. The molecule has 0 aliphatic heterocycles. The monoisotopic (exact) mass is 129 g/mol. The van der Waals surface area contributed by atoms with Crippen LogP contribution in [0.25, 0.3) is 0 Å². The molecule has 0 aliphatic rings. The van der Waals surface area contributed by atoms with Gasteiger partial charge in [0.05, 0.1) is 0 Å². The Morgan fingerprint density at radius 3 is 2.56 bits per heavy atom. The summed E-state index contributed by atoms with van der Waals surface area (Å²) in [5.74, 6) is -2.39. The van der Waals surface area contributed by atoms with Crippen molar-refractivity contribution in [3.8, 4) is 5.75 Å². The van der Waals surface area contributed by atoms with E-state index in [9.17, 15) is 8.78 Å². The minimum Gasteiger partial charge on any atom is -0.504 e. The SMILES string of the molecule is Oc1[c]cc(F)cc1F. The largest absolute Gasteiger partial charge is 0.504 e. The Morgan fingerprint density at radius 2 is 2.11 bits per heavy atom. The average Bonchev–Trinajstić information content (AvgIpc) is 1.80. The maximum absolute atomic E-state index is 12.1. The number of benzene rings is 1. The van der Waals surface area contributed by atoms with Gasteiger partial charge in [0.1, 0.15) is 5.82 Å². The highest BCUT2D eigenvalue weighted by Gasteiger charge is 1.99. The van der Waals surface area contributed by atoms with Gasteiger partial charge in [-0.15, -0.1) is 0 Å². The number of hydrogen-bond donors (Lipinski definition) is 1. The van der Waals surface area contributed by atoms with E-state index in [0.29, 0.717) is 6.07 Å². The summed E-state index contributed by atoms with van der Waals surface area (Å²) in [7, 11) is 0. The van der Waals surface area contributed by atoms with Crippen molar-refractivity contribution in [2.75, 3.05) is 0 Å². The molecule has 0 aliphatic carbocycles. The minimum atomic E-state index is -0.991. The second kappa shape index (κ2) is 2.01. The number of hydrogen-bond acceptors (Lipinski definition) is 1. The van der Waals surface area contributed by atoms with E-state index in [4.69, 9.17) is 5.11 Å². The predicted octanol–water partition coefficient (Wildman–Crippen LogP) is 1.47. The molecule has 0 amide bonds. The van der Waals surface area contributed by atoms with Crippen molar-refractivity contribution < 1.29 is 13.9 Å². The van der Waals surface area contributed by atoms with Crippen LogP contribution in [-0.2, 0) is 0 Å². The quantitative estimate of drug-likeness (QED) is 0.562. The fourth-order valence-corrected chi connectivity index (χ4v) is 0.437. The molecule has 1 rings (SSSR count). The van der Waals surface area contributed by atoms with Crippen LogP contribution in [0, 0.1) is 17.7 Å². The predicted molar refractivity (Wildman–Crippen MR) is 26.9 cm³/mol. The highest BCUT2D eigenvalue weighted by atomic mass is 19.1. The van der Waals surface area contributed by atoms with Crippen LogP contribution in [0.4, 0.5) is 8.78 Å². The first kappa shape index (κ1) is 6.01. The molecule has 47 valence electrons. The van der Waals surface area contributed by atoms with Crippen molar-refractivity contribution in [3.05, 3.63) is 29.8 Å². The Labute approximate surface area is 50.6 Å². The second-order valence-electron chi connectivity index (χ2n) is 1.51. The lowest BCUT2D eigenvalue weighted by Gasteiger charge is -1.90. The topological polar surface area (TPSA) is 20.2 Å². The van der Waals surface area contributed by atoms with Gasteiger partial charge < -0.3 is 5.11 Å². The molecule has 1 nitrogen and oxygen atoms in total. The third-order valence-electron chi connectivity index (χ3n) is 0.838. The Bertz CT molecular complexity index is 222. The summed E-state index contributed by atoms with van der Waals surface area (Å²) >= 11 is 0. The van der Waals surface area contributed by atoms with Gasteiger partial charge in [-0.3, -0.25) is 0 Å². The maximum Gasteiger partial charge on any atom is 0.168 e. The molecule has 1 N–H and O–H groups in total. The van der Waals surface area contributed by atoms with Crippen molar-refractivity contribution in [3.63, 3.8) is 0 Å². The molecule has 0 heterocycles. The van der Waals surface area contributed by atoms with Crippen molar-refractivity contribution in [1.29, 1.82) is 0 Å². The van der Waals surface area contributed by atoms with Gasteiger partial charge in [0, 0.05) is 12.1 Å². The van der Waals surface area contributed by atoms with Gasteiger partial charge in [-0.25, -0.2) is 8.78 Å². The smallest absolute Gasteiger partial charge is 0.168 e. The zero-order chi connectivity index (χ0) is 6.85. The van der Waals surface area contributed by atoms with E-state index in [-0.39, 0.29) is 0 Å². The first-order valence-electron chi connectivity index (χ1n) is 2.26. The minimum absolute atomic E-state index is 0.589. The van der Waals surface area contributed by atoms with E-state index in [1.807, 2.05) is 6.07 Å². The summed E-state index contributed by atoms with van der Waals surface area (Å²) in [5.41, 5.74) is 0. The van der Waals surface area contributed by atoms with Gasteiger partial charge in [-0.05, 0) is 6.07 Å². The lowest BCUT2D eigenvalue weighted by atomic mass is 10.3. The van der Waals surface area contributed by atoms with Gasteiger partial charge in [-0.1, -0.05) is 0 Å². The summed E-state index contributed by atoms with van der Waals surface area (Å²) in [6.45, 7) is 0. The summed E-state index contributed by atoms with van der Waals surface area (Å²) < 4.78 is 24.0. The summed E-state index contributed by atoms with van der Waals surface area (Å²) in [5, 5.41) is 8.45. The summed E-state index contributed by atoms with van der Waals surface area (Å²) in [6, 6.07) is 3.42. The molecule has 0 saturated carbocycles. The van der Waals surface area contributed by atoms with Gasteiger partial charge in [0.25, 0.3) is 0 Å². The number of aromatic hydroxyl groups is 1. The van der Waals surface area contributed by atoms with Gasteiger partial charge in [-0.2, -0.15) is 0 Å². The van der Waals surface area contributed by atoms with Crippen molar-refractivity contribution in [2.24, 2.45) is 0 Å². The van der Waals surface area contributed by atoms with Crippen LogP contribution in [0.3, 0.4) is 0 Å². The van der Waals surface area contributed by atoms with E-state index in [1.54, 1.807) is 0 Å². The van der Waals surface area contributed by atoms with E-state index in [2.05, 4.69) is 0 Å².